The highest BCUT2D eigenvalue weighted by Gasteiger charge is 2.54. The predicted molar refractivity (Wildman–Crippen MR) is 125 cm³/mol. The number of nitrogens with one attached hydrogen (secondary N) is 1. The number of para-hydroxylation sites is 1. The SMILES string of the molecule is O=C(CN1CN(c2ccccc2)C2(CCN(C(=O)C3CC3)CC2)C1=O)NCc1ccccc1. The smallest absolute Gasteiger partial charge is 0.250 e. The number of hydrogen-bond donors (Lipinski definition) is 1. The van der Waals surface area contributed by atoms with Crippen LogP contribution in [0.2, 0.25) is 0 Å². The number of amides is 3. The maximum Gasteiger partial charge on any atom is 0.250 e. The molecule has 0 aromatic heterocycles. The predicted octanol–water partition coefficient (Wildman–Crippen LogP) is 2.38. The second-order valence-corrected chi connectivity index (χ2v) is 9.30. The van der Waals surface area contributed by atoms with Gasteiger partial charge in [-0.1, -0.05) is 48.5 Å². The van der Waals surface area contributed by atoms with Gasteiger partial charge in [-0.25, -0.2) is 0 Å². The summed E-state index contributed by atoms with van der Waals surface area (Å²) in [6.45, 7) is 2.00. The molecule has 2 aromatic carbocycles. The van der Waals surface area contributed by atoms with E-state index in [4.69, 9.17) is 0 Å². The Hall–Kier alpha value is -3.35. The van der Waals surface area contributed by atoms with Crippen molar-refractivity contribution in [2.24, 2.45) is 5.92 Å². The summed E-state index contributed by atoms with van der Waals surface area (Å²) in [5.41, 5.74) is 1.29. The summed E-state index contributed by atoms with van der Waals surface area (Å²) >= 11 is 0. The fraction of sp³-hybridized carbons (Fsp3) is 0.423. The summed E-state index contributed by atoms with van der Waals surface area (Å²) in [4.78, 5) is 44.7. The topological polar surface area (TPSA) is 73.0 Å². The minimum atomic E-state index is -0.707. The number of likely N-dealkylation sites (tertiary alicyclic amines) is 1. The van der Waals surface area contributed by atoms with Gasteiger partial charge in [-0.05, 0) is 43.4 Å². The molecule has 0 radical (unpaired) electrons. The highest BCUT2D eigenvalue weighted by atomic mass is 16.2. The van der Waals surface area contributed by atoms with Gasteiger partial charge in [0.25, 0.3) is 5.91 Å². The van der Waals surface area contributed by atoms with E-state index in [0.29, 0.717) is 39.1 Å². The molecule has 1 spiro atoms. The Labute approximate surface area is 194 Å². The van der Waals surface area contributed by atoms with Crippen molar-refractivity contribution >= 4 is 23.4 Å². The van der Waals surface area contributed by atoms with Crippen LogP contribution in [0.3, 0.4) is 0 Å². The van der Waals surface area contributed by atoms with Crippen molar-refractivity contribution in [2.75, 3.05) is 31.2 Å². The van der Waals surface area contributed by atoms with E-state index >= 15 is 0 Å². The van der Waals surface area contributed by atoms with Gasteiger partial charge in [-0.3, -0.25) is 14.4 Å². The number of carbonyl (C=O) groups excluding carboxylic acids is 3. The molecule has 2 saturated heterocycles. The first-order valence-corrected chi connectivity index (χ1v) is 11.8. The lowest BCUT2D eigenvalue weighted by atomic mass is 9.85. The molecule has 1 N–H and O–H groups in total. The number of piperidine rings is 1. The molecule has 3 aliphatic rings. The molecule has 0 bridgehead atoms. The molecule has 0 unspecified atom stereocenters. The average Bonchev–Trinajstić information content (AvgIpc) is 3.68. The van der Waals surface area contributed by atoms with Crippen LogP contribution in [-0.2, 0) is 20.9 Å². The molecule has 5 rings (SSSR count). The molecule has 2 aliphatic heterocycles. The van der Waals surface area contributed by atoms with Crippen molar-refractivity contribution in [2.45, 2.75) is 37.8 Å². The van der Waals surface area contributed by atoms with E-state index in [9.17, 15) is 14.4 Å². The fourth-order valence-electron chi connectivity index (χ4n) is 5.03. The van der Waals surface area contributed by atoms with Gasteiger partial charge in [0.05, 0.1) is 6.67 Å². The van der Waals surface area contributed by atoms with E-state index in [1.54, 1.807) is 4.90 Å². The first-order valence-electron chi connectivity index (χ1n) is 11.8. The summed E-state index contributed by atoms with van der Waals surface area (Å²) in [6.07, 6.45) is 3.14. The number of anilines is 1. The quantitative estimate of drug-likeness (QED) is 0.740. The molecule has 1 saturated carbocycles. The summed E-state index contributed by atoms with van der Waals surface area (Å²) < 4.78 is 0. The van der Waals surface area contributed by atoms with Crippen LogP contribution in [0.5, 0.6) is 0 Å². The molecule has 2 aromatic rings. The second-order valence-electron chi connectivity index (χ2n) is 9.30. The highest BCUT2D eigenvalue weighted by molar-refractivity contribution is 5.96. The molecular formula is C26H30N4O3. The lowest BCUT2D eigenvalue weighted by Crippen LogP contribution is -2.57. The Morgan fingerprint density at radius 2 is 1.58 bits per heavy atom. The minimum Gasteiger partial charge on any atom is -0.350 e. The molecular weight excluding hydrogens is 416 g/mol. The van der Waals surface area contributed by atoms with E-state index in [1.807, 2.05) is 65.6 Å². The van der Waals surface area contributed by atoms with Crippen molar-refractivity contribution < 1.29 is 14.4 Å². The number of benzene rings is 2. The summed E-state index contributed by atoms with van der Waals surface area (Å²) in [5.74, 6) is 0.241. The van der Waals surface area contributed by atoms with Crippen LogP contribution >= 0.6 is 0 Å². The third-order valence-electron chi connectivity index (χ3n) is 7.08. The van der Waals surface area contributed by atoms with Gasteiger partial charge in [0.1, 0.15) is 12.1 Å². The van der Waals surface area contributed by atoms with Gasteiger partial charge >= 0.3 is 0 Å². The molecule has 172 valence electrons. The molecule has 0 atom stereocenters. The fourth-order valence-corrected chi connectivity index (χ4v) is 5.03. The molecule has 7 heteroatoms. The molecule has 1 aliphatic carbocycles. The van der Waals surface area contributed by atoms with Crippen LogP contribution in [0, 0.1) is 5.92 Å². The number of nitrogens with zero attached hydrogens (tertiary/aromatic N) is 3. The van der Waals surface area contributed by atoms with Crippen LogP contribution in [-0.4, -0.2) is 59.4 Å². The number of rotatable bonds is 6. The van der Waals surface area contributed by atoms with E-state index in [-0.39, 0.29) is 30.2 Å². The van der Waals surface area contributed by atoms with E-state index < -0.39 is 5.54 Å². The summed E-state index contributed by atoms with van der Waals surface area (Å²) in [6, 6.07) is 19.7. The highest BCUT2D eigenvalue weighted by Crippen LogP contribution is 2.40. The van der Waals surface area contributed by atoms with E-state index in [2.05, 4.69) is 10.2 Å². The molecule has 2 heterocycles. The zero-order valence-electron chi connectivity index (χ0n) is 18.8. The van der Waals surface area contributed by atoms with Crippen LogP contribution in [0.25, 0.3) is 0 Å². The van der Waals surface area contributed by atoms with Gasteiger partial charge in [0.2, 0.25) is 11.8 Å². The maximum absolute atomic E-state index is 13.7. The van der Waals surface area contributed by atoms with Crippen molar-refractivity contribution in [3.8, 4) is 0 Å². The van der Waals surface area contributed by atoms with Crippen LogP contribution < -0.4 is 10.2 Å². The van der Waals surface area contributed by atoms with E-state index in [1.165, 1.54) is 0 Å². The molecule has 7 nitrogen and oxygen atoms in total. The number of carbonyl (C=O) groups is 3. The Balaban J connectivity index is 1.30. The molecule has 33 heavy (non-hydrogen) atoms. The van der Waals surface area contributed by atoms with Gasteiger partial charge in [-0.2, -0.15) is 0 Å². The first-order chi connectivity index (χ1) is 16.1. The van der Waals surface area contributed by atoms with Gasteiger partial charge in [0.15, 0.2) is 0 Å². The second kappa shape index (κ2) is 8.89. The van der Waals surface area contributed by atoms with Crippen molar-refractivity contribution in [3.63, 3.8) is 0 Å². The molecule has 3 amide bonds. The lowest BCUT2D eigenvalue weighted by molar-refractivity contribution is -0.140. The normalized spacial score (nSPS) is 19.8. The Morgan fingerprint density at radius 1 is 0.939 bits per heavy atom. The lowest BCUT2D eigenvalue weighted by Gasteiger charge is -2.43. The van der Waals surface area contributed by atoms with Gasteiger partial charge in [0, 0.05) is 31.2 Å². The largest absolute Gasteiger partial charge is 0.350 e. The zero-order chi connectivity index (χ0) is 22.8. The third-order valence-corrected chi connectivity index (χ3v) is 7.08. The summed E-state index contributed by atoms with van der Waals surface area (Å²) in [5, 5.41) is 2.93. The Bertz CT molecular complexity index is 1010. The van der Waals surface area contributed by atoms with Crippen molar-refractivity contribution in [1.82, 2.24) is 15.1 Å². The zero-order valence-corrected chi connectivity index (χ0v) is 18.8. The first kappa shape index (κ1) is 21.5. The van der Waals surface area contributed by atoms with Crippen LogP contribution in [0.4, 0.5) is 5.69 Å². The van der Waals surface area contributed by atoms with Gasteiger partial charge < -0.3 is 20.0 Å². The number of hydrogen-bond acceptors (Lipinski definition) is 4. The van der Waals surface area contributed by atoms with Crippen molar-refractivity contribution in [1.29, 1.82) is 0 Å². The Morgan fingerprint density at radius 3 is 2.21 bits per heavy atom. The third kappa shape index (κ3) is 4.32. The van der Waals surface area contributed by atoms with Gasteiger partial charge in [-0.15, -0.1) is 0 Å². The van der Waals surface area contributed by atoms with Crippen LogP contribution in [0.15, 0.2) is 60.7 Å². The maximum atomic E-state index is 13.7. The van der Waals surface area contributed by atoms with Crippen LogP contribution in [0.1, 0.15) is 31.2 Å². The Kier molecular flexibility index (Phi) is 5.79. The monoisotopic (exact) mass is 446 g/mol. The summed E-state index contributed by atoms with van der Waals surface area (Å²) in [7, 11) is 0. The standard InChI is InChI=1S/C26H30N4O3/c31-23(27-17-20-7-3-1-4-8-20)18-29-19-30(22-9-5-2-6-10-22)26(25(29)33)13-15-28(16-14-26)24(32)21-11-12-21/h1-10,21H,11-19H2,(H,27,31). The minimum absolute atomic E-state index is 0.0141. The van der Waals surface area contributed by atoms with Crippen molar-refractivity contribution in [3.05, 3.63) is 66.2 Å². The average molecular weight is 447 g/mol. The molecule has 3 fully saturated rings. The van der Waals surface area contributed by atoms with E-state index in [0.717, 1.165) is 24.1 Å².